The molecule has 1 aromatic heterocycles. The van der Waals surface area contributed by atoms with E-state index in [4.69, 9.17) is 0 Å². The van der Waals surface area contributed by atoms with Crippen LogP contribution in [0.5, 0.6) is 0 Å². The Morgan fingerprint density at radius 1 is 1.53 bits per heavy atom. The second kappa shape index (κ2) is 6.86. The maximum Gasteiger partial charge on any atom is 0.225 e. The van der Waals surface area contributed by atoms with E-state index in [2.05, 4.69) is 32.7 Å². The molecule has 1 N–H and O–H groups in total. The van der Waals surface area contributed by atoms with Crippen LogP contribution in [0.4, 0.5) is 0 Å². The molecule has 1 fully saturated rings. The fourth-order valence-corrected chi connectivity index (χ4v) is 3.58. The third-order valence-corrected chi connectivity index (χ3v) is 5.07. The van der Waals surface area contributed by atoms with Crippen LogP contribution in [0.1, 0.15) is 32.3 Å². The molecule has 106 valence electrons. The van der Waals surface area contributed by atoms with Gasteiger partial charge in [-0.2, -0.15) is 0 Å². The summed E-state index contributed by atoms with van der Waals surface area (Å²) in [4.78, 5) is 13.9. The van der Waals surface area contributed by atoms with Crippen LogP contribution >= 0.6 is 27.3 Å². The van der Waals surface area contributed by atoms with Crippen molar-refractivity contribution in [3.63, 3.8) is 0 Å². The van der Waals surface area contributed by atoms with Gasteiger partial charge >= 0.3 is 0 Å². The summed E-state index contributed by atoms with van der Waals surface area (Å²) in [6.07, 6.45) is 2.12. The van der Waals surface area contributed by atoms with E-state index in [1.807, 2.05) is 18.7 Å². The van der Waals surface area contributed by atoms with Crippen molar-refractivity contribution >= 4 is 33.2 Å². The summed E-state index contributed by atoms with van der Waals surface area (Å²) in [5.41, 5.74) is 1.33. The predicted octanol–water partition coefficient (Wildman–Crippen LogP) is 3.25. The molecule has 0 radical (unpaired) electrons. The van der Waals surface area contributed by atoms with Crippen LogP contribution in [0.25, 0.3) is 0 Å². The minimum Gasteiger partial charge on any atom is -0.342 e. The minimum atomic E-state index is 0.118. The van der Waals surface area contributed by atoms with E-state index < -0.39 is 0 Å². The van der Waals surface area contributed by atoms with Crippen LogP contribution in [0.15, 0.2) is 15.2 Å². The largest absolute Gasteiger partial charge is 0.342 e. The van der Waals surface area contributed by atoms with Crippen molar-refractivity contribution in [2.24, 2.45) is 5.92 Å². The standard InChI is InChI=1S/C14H21BrN2OS/c1-10(2)14(18)17-5-3-12(4-6-17)16-8-11-7-13(15)19-9-11/h7,9-10,12,16H,3-6,8H2,1-2H3. The summed E-state index contributed by atoms with van der Waals surface area (Å²) in [7, 11) is 0. The SMILES string of the molecule is CC(C)C(=O)N1CCC(NCc2csc(Br)c2)CC1. The Kier molecular flexibility index (Phi) is 5.42. The van der Waals surface area contributed by atoms with Crippen LogP contribution in [-0.2, 0) is 11.3 Å². The number of thiophene rings is 1. The molecule has 0 spiro atoms. The predicted molar refractivity (Wildman–Crippen MR) is 83.3 cm³/mol. The second-order valence-electron chi connectivity index (χ2n) is 5.39. The molecule has 5 heteroatoms. The Morgan fingerprint density at radius 2 is 2.21 bits per heavy atom. The van der Waals surface area contributed by atoms with E-state index in [1.165, 1.54) is 9.35 Å². The van der Waals surface area contributed by atoms with Gasteiger partial charge in [-0.3, -0.25) is 4.79 Å². The number of carbonyl (C=O) groups excluding carboxylic acids is 1. The van der Waals surface area contributed by atoms with E-state index in [1.54, 1.807) is 11.3 Å². The summed E-state index contributed by atoms with van der Waals surface area (Å²) in [5, 5.41) is 5.76. The summed E-state index contributed by atoms with van der Waals surface area (Å²) in [6.45, 7) is 6.65. The molecule has 1 aliphatic heterocycles. The van der Waals surface area contributed by atoms with Gasteiger partial charge in [0.25, 0.3) is 0 Å². The van der Waals surface area contributed by atoms with E-state index in [0.29, 0.717) is 11.9 Å². The molecule has 1 aromatic rings. The fraction of sp³-hybridized carbons (Fsp3) is 0.643. The highest BCUT2D eigenvalue weighted by molar-refractivity contribution is 9.11. The van der Waals surface area contributed by atoms with Gasteiger partial charge in [-0.1, -0.05) is 13.8 Å². The molecule has 0 aromatic carbocycles. The number of rotatable bonds is 4. The molecule has 0 unspecified atom stereocenters. The summed E-state index contributed by atoms with van der Waals surface area (Å²) in [5.74, 6) is 0.410. The number of hydrogen-bond donors (Lipinski definition) is 1. The summed E-state index contributed by atoms with van der Waals surface area (Å²) in [6, 6.07) is 2.70. The highest BCUT2D eigenvalue weighted by Crippen LogP contribution is 2.21. The van der Waals surface area contributed by atoms with Crippen LogP contribution in [0.2, 0.25) is 0 Å². The van der Waals surface area contributed by atoms with Crippen molar-refractivity contribution < 1.29 is 4.79 Å². The van der Waals surface area contributed by atoms with Gasteiger partial charge in [-0.15, -0.1) is 11.3 Å². The number of halogens is 1. The fourth-order valence-electron chi connectivity index (χ4n) is 2.37. The van der Waals surface area contributed by atoms with Crippen molar-refractivity contribution in [2.75, 3.05) is 13.1 Å². The first-order chi connectivity index (χ1) is 9.06. The first-order valence-electron chi connectivity index (χ1n) is 6.81. The molecule has 0 bridgehead atoms. The van der Waals surface area contributed by atoms with Crippen molar-refractivity contribution in [2.45, 2.75) is 39.3 Å². The summed E-state index contributed by atoms with van der Waals surface area (Å²) < 4.78 is 1.18. The van der Waals surface area contributed by atoms with Crippen LogP contribution in [0, 0.1) is 5.92 Å². The third-order valence-electron chi connectivity index (χ3n) is 3.52. The second-order valence-corrected chi connectivity index (χ2v) is 7.68. The smallest absolute Gasteiger partial charge is 0.225 e. The molecule has 1 amide bonds. The number of nitrogens with zero attached hydrogens (tertiary/aromatic N) is 1. The average Bonchev–Trinajstić information content (AvgIpc) is 2.82. The molecule has 19 heavy (non-hydrogen) atoms. The number of amides is 1. The molecule has 3 nitrogen and oxygen atoms in total. The summed E-state index contributed by atoms with van der Waals surface area (Å²) >= 11 is 5.20. The zero-order valence-corrected chi connectivity index (χ0v) is 13.9. The van der Waals surface area contributed by atoms with E-state index in [0.717, 1.165) is 32.5 Å². The average molecular weight is 345 g/mol. The molecule has 2 heterocycles. The quantitative estimate of drug-likeness (QED) is 0.909. The van der Waals surface area contributed by atoms with Crippen LogP contribution in [-0.4, -0.2) is 29.9 Å². The topological polar surface area (TPSA) is 32.3 Å². The Balaban J connectivity index is 1.73. The molecular weight excluding hydrogens is 324 g/mol. The lowest BCUT2D eigenvalue weighted by molar-refractivity contribution is -0.135. The van der Waals surface area contributed by atoms with Gasteiger partial charge in [0.15, 0.2) is 0 Å². The highest BCUT2D eigenvalue weighted by atomic mass is 79.9. The maximum atomic E-state index is 11.9. The first-order valence-corrected chi connectivity index (χ1v) is 8.48. The Morgan fingerprint density at radius 3 is 2.74 bits per heavy atom. The number of carbonyl (C=O) groups is 1. The lowest BCUT2D eigenvalue weighted by atomic mass is 10.0. The zero-order chi connectivity index (χ0) is 13.8. The van der Waals surface area contributed by atoms with Crippen LogP contribution in [0.3, 0.4) is 0 Å². The Bertz CT molecular complexity index is 425. The molecule has 2 rings (SSSR count). The van der Waals surface area contributed by atoms with E-state index in [9.17, 15) is 4.79 Å². The number of piperidine rings is 1. The maximum absolute atomic E-state index is 11.9. The molecular formula is C14H21BrN2OS. The number of nitrogens with one attached hydrogen (secondary N) is 1. The number of likely N-dealkylation sites (tertiary alicyclic amines) is 1. The van der Waals surface area contributed by atoms with Gasteiger partial charge in [0.05, 0.1) is 3.79 Å². The van der Waals surface area contributed by atoms with Crippen LogP contribution < -0.4 is 5.32 Å². The lowest BCUT2D eigenvalue weighted by Crippen LogP contribution is -2.45. The van der Waals surface area contributed by atoms with Crippen molar-refractivity contribution in [3.8, 4) is 0 Å². The third kappa shape index (κ3) is 4.29. The van der Waals surface area contributed by atoms with Gasteiger partial charge in [0.2, 0.25) is 5.91 Å². The molecule has 0 saturated carbocycles. The Labute approximate surface area is 127 Å². The molecule has 0 atom stereocenters. The van der Waals surface area contributed by atoms with E-state index in [-0.39, 0.29) is 5.92 Å². The van der Waals surface area contributed by atoms with Gasteiger partial charge in [0, 0.05) is 31.6 Å². The van der Waals surface area contributed by atoms with Gasteiger partial charge in [-0.05, 0) is 45.8 Å². The van der Waals surface area contributed by atoms with E-state index >= 15 is 0 Å². The first kappa shape index (κ1) is 15.0. The van der Waals surface area contributed by atoms with Gasteiger partial charge in [-0.25, -0.2) is 0 Å². The Hall–Kier alpha value is -0.390. The normalized spacial score (nSPS) is 17.2. The molecule has 1 aliphatic rings. The molecule has 0 aliphatic carbocycles. The zero-order valence-electron chi connectivity index (χ0n) is 11.5. The highest BCUT2D eigenvalue weighted by Gasteiger charge is 2.23. The number of hydrogen-bond acceptors (Lipinski definition) is 3. The van der Waals surface area contributed by atoms with Crippen molar-refractivity contribution in [3.05, 3.63) is 20.8 Å². The molecule has 1 saturated heterocycles. The van der Waals surface area contributed by atoms with Crippen molar-refractivity contribution in [1.29, 1.82) is 0 Å². The van der Waals surface area contributed by atoms with Gasteiger partial charge < -0.3 is 10.2 Å². The monoisotopic (exact) mass is 344 g/mol. The lowest BCUT2D eigenvalue weighted by Gasteiger charge is -2.33. The van der Waals surface area contributed by atoms with Crippen molar-refractivity contribution in [1.82, 2.24) is 10.2 Å². The minimum absolute atomic E-state index is 0.118. The van der Waals surface area contributed by atoms with Gasteiger partial charge in [0.1, 0.15) is 0 Å².